The van der Waals surface area contributed by atoms with Gasteiger partial charge in [-0.05, 0) is 19.1 Å². The molecule has 3 N–H and O–H groups in total. The number of ether oxygens (including phenoxy) is 1. The van der Waals surface area contributed by atoms with E-state index in [1.165, 1.54) is 0 Å². The predicted octanol–water partition coefficient (Wildman–Crippen LogP) is 1.02. The van der Waals surface area contributed by atoms with Crippen LogP contribution >= 0.6 is 12.2 Å². The van der Waals surface area contributed by atoms with Crippen LogP contribution in [0.4, 0.5) is 5.69 Å². The third-order valence-corrected chi connectivity index (χ3v) is 3.83. The Labute approximate surface area is 123 Å². The molecule has 20 heavy (non-hydrogen) atoms. The van der Waals surface area contributed by atoms with Crippen molar-refractivity contribution in [2.45, 2.75) is 13.3 Å². The zero-order chi connectivity index (χ0) is 15.2. The molecule has 6 nitrogen and oxygen atoms in total. The summed E-state index contributed by atoms with van der Waals surface area (Å²) in [6, 6.07) is 6.53. The molecule has 0 aliphatic rings. The minimum absolute atomic E-state index is 0.0914. The third-order valence-electron chi connectivity index (χ3n) is 2.34. The Morgan fingerprint density at radius 2 is 2.05 bits per heavy atom. The van der Waals surface area contributed by atoms with Gasteiger partial charge in [0.2, 0.25) is 10.0 Å². The largest absolute Gasteiger partial charge is 0.466 e. The molecule has 0 radical (unpaired) electrons. The number of esters is 1. The second kappa shape index (κ2) is 7.20. The van der Waals surface area contributed by atoms with E-state index in [9.17, 15) is 13.2 Å². The van der Waals surface area contributed by atoms with Crippen LogP contribution in [0.25, 0.3) is 0 Å². The summed E-state index contributed by atoms with van der Waals surface area (Å²) in [5, 5.41) is 0. The maximum Gasteiger partial charge on any atom is 0.306 e. The van der Waals surface area contributed by atoms with Crippen molar-refractivity contribution in [1.82, 2.24) is 0 Å². The van der Waals surface area contributed by atoms with Crippen LogP contribution < -0.4 is 10.5 Å². The number of nitrogens with two attached hydrogens (primary N) is 1. The number of carbonyl (C=O) groups is 1. The highest BCUT2D eigenvalue weighted by atomic mass is 32.2. The number of para-hydroxylation sites is 1. The third kappa shape index (κ3) is 5.14. The molecule has 110 valence electrons. The fourth-order valence-corrected chi connectivity index (χ4v) is 2.68. The van der Waals surface area contributed by atoms with E-state index in [-0.39, 0.29) is 23.8 Å². The van der Waals surface area contributed by atoms with Crippen molar-refractivity contribution in [3.05, 3.63) is 29.8 Å². The second-order valence-electron chi connectivity index (χ2n) is 3.89. The Hall–Kier alpha value is -1.67. The summed E-state index contributed by atoms with van der Waals surface area (Å²) in [4.78, 5) is 11.3. The number of benzene rings is 1. The van der Waals surface area contributed by atoms with Crippen molar-refractivity contribution >= 4 is 38.9 Å². The van der Waals surface area contributed by atoms with Crippen molar-refractivity contribution in [2.75, 3.05) is 17.1 Å². The summed E-state index contributed by atoms with van der Waals surface area (Å²) < 4.78 is 30.8. The molecule has 0 aromatic heterocycles. The fourth-order valence-electron chi connectivity index (χ4n) is 1.46. The summed E-state index contributed by atoms with van der Waals surface area (Å²) in [5.41, 5.74) is 6.25. The van der Waals surface area contributed by atoms with Crippen molar-refractivity contribution in [1.29, 1.82) is 0 Å². The topological polar surface area (TPSA) is 98.5 Å². The first kappa shape index (κ1) is 16.4. The summed E-state index contributed by atoms with van der Waals surface area (Å²) >= 11 is 4.85. The molecule has 0 unspecified atom stereocenters. The SMILES string of the molecule is CCOC(=O)CCS(=O)(=O)Nc1ccccc1C(N)=S. The van der Waals surface area contributed by atoms with Gasteiger partial charge in [0.15, 0.2) is 0 Å². The quantitative estimate of drug-likeness (QED) is 0.575. The molecule has 0 heterocycles. The molecule has 0 fully saturated rings. The molecule has 0 aliphatic heterocycles. The lowest BCUT2D eigenvalue weighted by atomic mass is 10.2. The van der Waals surface area contributed by atoms with Crippen LogP contribution in [0.1, 0.15) is 18.9 Å². The first-order valence-corrected chi connectivity index (χ1v) is 7.96. The van der Waals surface area contributed by atoms with Crippen LogP contribution in [0.5, 0.6) is 0 Å². The monoisotopic (exact) mass is 316 g/mol. The zero-order valence-electron chi connectivity index (χ0n) is 11.0. The van der Waals surface area contributed by atoms with E-state index in [1.807, 2.05) is 0 Å². The molecule has 0 amide bonds. The standard InChI is InChI=1S/C12H16N2O4S2/c1-2-18-11(15)7-8-20(16,17)14-10-6-4-3-5-9(10)12(13)19/h3-6,14H,2,7-8H2,1H3,(H2,13,19). The highest BCUT2D eigenvalue weighted by Crippen LogP contribution is 2.16. The van der Waals surface area contributed by atoms with Crippen LogP contribution in [0.15, 0.2) is 24.3 Å². The zero-order valence-corrected chi connectivity index (χ0v) is 12.6. The van der Waals surface area contributed by atoms with Gasteiger partial charge in [-0.15, -0.1) is 0 Å². The van der Waals surface area contributed by atoms with Crippen molar-refractivity contribution in [2.24, 2.45) is 5.73 Å². The van der Waals surface area contributed by atoms with E-state index < -0.39 is 16.0 Å². The van der Waals surface area contributed by atoms with Gasteiger partial charge in [-0.3, -0.25) is 9.52 Å². The van der Waals surface area contributed by atoms with Crippen LogP contribution in [-0.2, 0) is 19.6 Å². The van der Waals surface area contributed by atoms with Crippen LogP contribution in [0, 0.1) is 0 Å². The Morgan fingerprint density at radius 1 is 1.40 bits per heavy atom. The number of sulfonamides is 1. The van der Waals surface area contributed by atoms with Crippen molar-refractivity contribution < 1.29 is 17.9 Å². The molecule has 0 atom stereocenters. The van der Waals surface area contributed by atoms with E-state index in [0.29, 0.717) is 11.3 Å². The lowest BCUT2D eigenvalue weighted by Gasteiger charge is -2.11. The van der Waals surface area contributed by atoms with Gasteiger partial charge in [-0.25, -0.2) is 8.42 Å². The second-order valence-corrected chi connectivity index (χ2v) is 6.17. The molecule has 1 aromatic rings. The lowest BCUT2D eigenvalue weighted by molar-refractivity contribution is -0.142. The highest BCUT2D eigenvalue weighted by molar-refractivity contribution is 7.92. The molecule has 0 saturated carbocycles. The van der Waals surface area contributed by atoms with Crippen molar-refractivity contribution in [3.8, 4) is 0 Å². The molecule has 0 spiro atoms. The van der Waals surface area contributed by atoms with E-state index >= 15 is 0 Å². The minimum atomic E-state index is -3.67. The summed E-state index contributed by atoms with van der Waals surface area (Å²) in [7, 11) is -3.67. The van der Waals surface area contributed by atoms with Gasteiger partial charge in [0.25, 0.3) is 0 Å². The maximum atomic E-state index is 11.9. The van der Waals surface area contributed by atoms with Crippen LogP contribution in [0.2, 0.25) is 0 Å². The summed E-state index contributed by atoms with van der Waals surface area (Å²) in [6.45, 7) is 1.87. The van der Waals surface area contributed by atoms with Gasteiger partial charge in [0, 0.05) is 5.56 Å². The smallest absolute Gasteiger partial charge is 0.306 e. The number of rotatable bonds is 7. The normalized spacial score (nSPS) is 10.8. The average molecular weight is 316 g/mol. The number of hydrogen-bond acceptors (Lipinski definition) is 5. The Bertz CT molecular complexity index is 599. The predicted molar refractivity (Wildman–Crippen MR) is 81.0 cm³/mol. The number of nitrogens with one attached hydrogen (secondary N) is 1. The van der Waals surface area contributed by atoms with Gasteiger partial charge < -0.3 is 10.5 Å². The van der Waals surface area contributed by atoms with Gasteiger partial charge in [-0.2, -0.15) is 0 Å². The van der Waals surface area contributed by atoms with Gasteiger partial charge >= 0.3 is 5.97 Å². The molecule has 0 saturated heterocycles. The number of hydrogen-bond donors (Lipinski definition) is 2. The molecule has 0 bridgehead atoms. The van der Waals surface area contributed by atoms with E-state index in [2.05, 4.69) is 9.46 Å². The number of anilines is 1. The average Bonchev–Trinajstić information content (AvgIpc) is 2.37. The van der Waals surface area contributed by atoms with Gasteiger partial charge in [0.05, 0.1) is 24.5 Å². The summed E-state index contributed by atoms with van der Waals surface area (Å²) in [5.74, 6) is -0.919. The fraction of sp³-hybridized carbons (Fsp3) is 0.333. The Kier molecular flexibility index (Phi) is 5.90. The van der Waals surface area contributed by atoms with E-state index in [0.717, 1.165) is 0 Å². The molecule has 1 rings (SSSR count). The molecule has 1 aromatic carbocycles. The maximum absolute atomic E-state index is 11.9. The number of thiocarbonyl (C=S) groups is 1. The molecular weight excluding hydrogens is 300 g/mol. The molecule has 0 aliphatic carbocycles. The Balaban J connectivity index is 2.77. The summed E-state index contributed by atoms with van der Waals surface area (Å²) in [6.07, 6.45) is -0.210. The lowest BCUT2D eigenvalue weighted by Crippen LogP contribution is -2.22. The van der Waals surface area contributed by atoms with E-state index in [1.54, 1.807) is 31.2 Å². The Morgan fingerprint density at radius 3 is 2.65 bits per heavy atom. The molecule has 8 heteroatoms. The first-order valence-electron chi connectivity index (χ1n) is 5.90. The highest BCUT2D eigenvalue weighted by Gasteiger charge is 2.16. The van der Waals surface area contributed by atoms with E-state index in [4.69, 9.17) is 18.0 Å². The van der Waals surface area contributed by atoms with Gasteiger partial charge in [-0.1, -0.05) is 24.4 Å². The van der Waals surface area contributed by atoms with Crippen molar-refractivity contribution in [3.63, 3.8) is 0 Å². The van der Waals surface area contributed by atoms with Gasteiger partial charge in [0.1, 0.15) is 4.99 Å². The van der Waals surface area contributed by atoms with Crippen LogP contribution in [0.3, 0.4) is 0 Å². The number of carbonyl (C=O) groups excluding carboxylic acids is 1. The van der Waals surface area contributed by atoms with Crippen LogP contribution in [-0.4, -0.2) is 31.7 Å². The molecular formula is C12H16N2O4S2. The minimum Gasteiger partial charge on any atom is -0.466 e. The first-order chi connectivity index (χ1) is 9.35.